The summed E-state index contributed by atoms with van der Waals surface area (Å²) in [6, 6.07) is 9.87. The number of rotatable bonds is 5. The number of aryl methyl sites for hydroxylation is 1. The third kappa shape index (κ3) is 4.13. The first-order valence-electron chi connectivity index (χ1n) is 8.59. The lowest BCUT2D eigenvalue weighted by Gasteiger charge is -2.35. The molecule has 0 spiro atoms. The number of ether oxygens (including phenoxy) is 1. The summed E-state index contributed by atoms with van der Waals surface area (Å²) < 4.78 is 5.31. The summed E-state index contributed by atoms with van der Waals surface area (Å²) in [4.78, 5) is 16.1. The lowest BCUT2D eigenvalue weighted by molar-refractivity contribution is -0.131. The van der Waals surface area contributed by atoms with Gasteiger partial charge in [0.15, 0.2) is 0 Å². The Hall–Kier alpha value is -1.47. The molecule has 2 fully saturated rings. The quantitative estimate of drug-likeness (QED) is 0.786. The van der Waals surface area contributed by atoms with Crippen molar-refractivity contribution < 1.29 is 19.7 Å². The number of carbonyl (C=O) groups is 1. The Morgan fingerprint density at radius 1 is 1.25 bits per heavy atom. The first-order valence-corrected chi connectivity index (χ1v) is 8.59. The number of hydrogen-bond acceptors (Lipinski definition) is 5. The molecule has 24 heavy (non-hydrogen) atoms. The number of amides is 1. The molecule has 2 aliphatic heterocycles. The molecule has 1 aromatic rings. The molecule has 6 nitrogen and oxygen atoms in total. The molecule has 2 aliphatic rings. The number of nitrogens with zero attached hydrogens (tertiary/aromatic N) is 2. The maximum atomic E-state index is 12.4. The molecule has 1 aromatic carbocycles. The summed E-state index contributed by atoms with van der Waals surface area (Å²) in [5.74, 6) is -0.0178. The van der Waals surface area contributed by atoms with Crippen LogP contribution in [0.1, 0.15) is 12.0 Å². The van der Waals surface area contributed by atoms with Gasteiger partial charge in [-0.1, -0.05) is 30.3 Å². The van der Waals surface area contributed by atoms with Crippen molar-refractivity contribution in [2.24, 2.45) is 0 Å². The van der Waals surface area contributed by atoms with Gasteiger partial charge in [0, 0.05) is 32.6 Å². The number of aliphatic hydroxyl groups excluding tert-OH is 1. The van der Waals surface area contributed by atoms with Gasteiger partial charge < -0.3 is 19.8 Å². The van der Waals surface area contributed by atoms with E-state index in [1.807, 2.05) is 30.3 Å². The summed E-state index contributed by atoms with van der Waals surface area (Å²) in [6.07, 6.45) is 0.166. The van der Waals surface area contributed by atoms with Crippen LogP contribution >= 0.6 is 0 Å². The van der Waals surface area contributed by atoms with E-state index in [1.165, 1.54) is 0 Å². The van der Waals surface area contributed by atoms with Gasteiger partial charge in [-0.15, -0.1) is 0 Å². The van der Waals surface area contributed by atoms with Crippen LogP contribution in [0.3, 0.4) is 0 Å². The van der Waals surface area contributed by atoms with Gasteiger partial charge in [-0.3, -0.25) is 9.69 Å². The van der Waals surface area contributed by atoms with Gasteiger partial charge in [0.25, 0.3) is 0 Å². The molecular weight excluding hydrogens is 308 g/mol. The number of morpholine rings is 1. The second kappa shape index (κ2) is 7.61. The minimum atomic E-state index is -1.25. The monoisotopic (exact) mass is 334 g/mol. The first-order chi connectivity index (χ1) is 11.6. The zero-order valence-electron chi connectivity index (χ0n) is 13.9. The van der Waals surface area contributed by atoms with Crippen molar-refractivity contribution in [3.05, 3.63) is 35.9 Å². The van der Waals surface area contributed by atoms with E-state index in [2.05, 4.69) is 4.90 Å². The lowest BCUT2D eigenvalue weighted by Crippen LogP contribution is -2.53. The molecule has 0 saturated carbocycles. The Labute approximate surface area is 142 Å². The Morgan fingerprint density at radius 2 is 1.96 bits per heavy atom. The molecule has 2 heterocycles. The van der Waals surface area contributed by atoms with E-state index in [4.69, 9.17) is 4.74 Å². The van der Waals surface area contributed by atoms with E-state index in [9.17, 15) is 15.0 Å². The summed E-state index contributed by atoms with van der Waals surface area (Å²) in [5.41, 5.74) is -0.131. The zero-order valence-corrected chi connectivity index (χ0v) is 13.9. The van der Waals surface area contributed by atoms with Gasteiger partial charge in [0.2, 0.25) is 5.91 Å². The van der Waals surface area contributed by atoms with Crippen molar-refractivity contribution in [1.82, 2.24) is 9.80 Å². The smallest absolute Gasteiger partial charge is 0.223 e. The van der Waals surface area contributed by atoms with E-state index in [1.54, 1.807) is 4.90 Å². The van der Waals surface area contributed by atoms with Crippen molar-refractivity contribution in [2.45, 2.75) is 24.5 Å². The second-order valence-electron chi connectivity index (χ2n) is 6.77. The standard InChI is InChI=1S/C18H26N2O4/c21-16-12-20(17(22)7-6-15-4-2-1-3-5-15)14-18(16,23)13-19-8-10-24-11-9-19/h1-5,16,21,23H,6-14H2/t16-,18+/m1/s1. The van der Waals surface area contributed by atoms with Gasteiger partial charge in [-0.25, -0.2) is 0 Å². The number of carbonyl (C=O) groups excluding carboxylic acids is 1. The van der Waals surface area contributed by atoms with Gasteiger partial charge in [0.1, 0.15) is 11.7 Å². The van der Waals surface area contributed by atoms with Gasteiger partial charge in [0.05, 0.1) is 19.8 Å². The molecule has 2 atom stereocenters. The van der Waals surface area contributed by atoms with Crippen LogP contribution in [-0.2, 0) is 16.0 Å². The maximum Gasteiger partial charge on any atom is 0.223 e. The Balaban J connectivity index is 1.53. The lowest BCUT2D eigenvalue weighted by atomic mass is 9.99. The molecule has 2 N–H and O–H groups in total. The zero-order chi connectivity index (χ0) is 17.0. The summed E-state index contributed by atoms with van der Waals surface area (Å²) in [6.45, 7) is 3.55. The fraction of sp³-hybridized carbons (Fsp3) is 0.611. The van der Waals surface area contributed by atoms with Crippen molar-refractivity contribution in [2.75, 3.05) is 45.9 Å². The molecule has 0 radical (unpaired) electrons. The largest absolute Gasteiger partial charge is 0.388 e. The van der Waals surface area contributed by atoms with Crippen molar-refractivity contribution in [3.63, 3.8) is 0 Å². The highest BCUT2D eigenvalue weighted by Crippen LogP contribution is 2.24. The van der Waals surface area contributed by atoms with Crippen molar-refractivity contribution >= 4 is 5.91 Å². The molecule has 0 unspecified atom stereocenters. The number of β-amino-alcohol motifs (C(OH)–C–C–N with tert-alkyl or cyclic N) is 2. The minimum Gasteiger partial charge on any atom is -0.388 e. The fourth-order valence-corrected chi connectivity index (χ4v) is 3.43. The molecule has 1 amide bonds. The SMILES string of the molecule is O=C(CCc1ccccc1)N1C[C@@H](O)[C@](O)(CN2CCOCC2)C1. The van der Waals surface area contributed by atoms with Gasteiger partial charge in [-0.2, -0.15) is 0 Å². The van der Waals surface area contributed by atoms with Crippen LogP contribution < -0.4 is 0 Å². The highest BCUT2D eigenvalue weighted by atomic mass is 16.5. The van der Waals surface area contributed by atoms with E-state index >= 15 is 0 Å². The molecule has 3 rings (SSSR count). The molecule has 0 bridgehead atoms. The van der Waals surface area contributed by atoms with Crippen LogP contribution in [0.4, 0.5) is 0 Å². The Bertz CT molecular complexity index is 547. The second-order valence-corrected chi connectivity index (χ2v) is 6.77. The summed E-state index contributed by atoms with van der Waals surface area (Å²) >= 11 is 0. The van der Waals surface area contributed by atoms with Crippen LogP contribution in [0, 0.1) is 0 Å². The molecule has 132 valence electrons. The van der Waals surface area contributed by atoms with Crippen LogP contribution in [0.5, 0.6) is 0 Å². The Morgan fingerprint density at radius 3 is 2.67 bits per heavy atom. The first kappa shape index (κ1) is 17.4. The Kier molecular flexibility index (Phi) is 5.50. The average molecular weight is 334 g/mol. The van der Waals surface area contributed by atoms with Gasteiger partial charge >= 0.3 is 0 Å². The molecule has 0 aromatic heterocycles. The third-order valence-corrected chi connectivity index (χ3v) is 4.90. The highest BCUT2D eigenvalue weighted by Gasteiger charge is 2.46. The van der Waals surface area contributed by atoms with Crippen LogP contribution in [0.15, 0.2) is 30.3 Å². The maximum absolute atomic E-state index is 12.4. The number of aliphatic hydroxyl groups is 2. The van der Waals surface area contributed by atoms with Crippen LogP contribution in [0.25, 0.3) is 0 Å². The predicted molar refractivity (Wildman–Crippen MR) is 89.6 cm³/mol. The summed E-state index contributed by atoms with van der Waals surface area (Å²) in [7, 11) is 0. The number of likely N-dealkylation sites (tertiary alicyclic amines) is 1. The number of hydrogen-bond donors (Lipinski definition) is 2. The van der Waals surface area contributed by atoms with Crippen LogP contribution in [-0.4, -0.2) is 83.6 Å². The molecule has 2 saturated heterocycles. The highest BCUT2D eigenvalue weighted by molar-refractivity contribution is 5.77. The molecule has 0 aliphatic carbocycles. The fourth-order valence-electron chi connectivity index (χ4n) is 3.43. The average Bonchev–Trinajstić information content (AvgIpc) is 2.89. The minimum absolute atomic E-state index is 0.0178. The normalized spacial score (nSPS) is 28.2. The van der Waals surface area contributed by atoms with Crippen LogP contribution in [0.2, 0.25) is 0 Å². The van der Waals surface area contributed by atoms with Crippen molar-refractivity contribution in [3.8, 4) is 0 Å². The molecule has 6 heteroatoms. The third-order valence-electron chi connectivity index (χ3n) is 4.90. The predicted octanol–water partition coefficient (Wildman–Crippen LogP) is -0.114. The molecular formula is C18H26N2O4. The summed E-state index contributed by atoms with van der Waals surface area (Å²) in [5, 5.41) is 21.1. The number of benzene rings is 1. The topological polar surface area (TPSA) is 73.2 Å². The van der Waals surface area contributed by atoms with E-state index in [-0.39, 0.29) is 19.0 Å². The van der Waals surface area contributed by atoms with E-state index in [0.717, 1.165) is 18.7 Å². The van der Waals surface area contributed by atoms with Gasteiger partial charge in [-0.05, 0) is 12.0 Å². The van der Waals surface area contributed by atoms with Crippen molar-refractivity contribution in [1.29, 1.82) is 0 Å². The van der Waals surface area contributed by atoms with E-state index < -0.39 is 11.7 Å². The van der Waals surface area contributed by atoms with E-state index in [0.29, 0.717) is 32.6 Å².